The van der Waals surface area contributed by atoms with E-state index in [0.717, 1.165) is 12.5 Å². The summed E-state index contributed by atoms with van der Waals surface area (Å²) in [5, 5.41) is 0. The van der Waals surface area contributed by atoms with Crippen molar-refractivity contribution in [3.05, 3.63) is 23.8 Å². The van der Waals surface area contributed by atoms with Crippen molar-refractivity contribution in [3.63, 3.8) is 0 Å². The molecule has 1 aromatic rings. The second-order valence-corrected chi connectivity index (χ2v) is 4.34. The molecule has 17 heavy (non-hydrogen) atoms. The monoisotopic (exact) mass is 242 g/mol. The maximum Gasteiger partial charge on any atom is 0.184 e. The highest BCUT2D eigenvalue weighted by Gasteiger charge is 2.30. The molecular formula is C12H16F2N2O. The van der Waals surface area contributed by atoms with E-state index in [1.165, 1.54) is 6.07 Å². The van der Waals surface area contributed by atoms with Gasteiger partial charge in [-0.25, -0.2) is 8.78 Å². The molecule has 5 heteroatoms. The van der Waals surface area contributed by atoms with Crippen molar-refractivity contribution in [3.8, 4) is 0 Å². The minimum atomic E-state index is -0.897. The molecule has 0 aliphatic carbocycles. The molecule has 0 bridgehead atoms. The first-order valence-corrected chi connectivity index (χ1v) is 5.60. The van der Waals surface area contributed by atoms with Gasteiger partial charge in [-0.05, 0) is 25.5 Å². The lowest BCUT2D eigenvalue weighted by Crippen LogP contribution is -2.37. The van der Waals surface area contributed by atoms with Crippen LogP contribution in [0.2, 0.25) is 0 Å². The Kier molecular flexibility index (Phi) is 3.19. The minimum absolute atomic E-state index is 0.0120. The summed E-state index contributed by atoms with van der Waals surface area (Å²) in [5.74, 6) is -1.78. The molecule has 1 aliphatic heterocycles. The molecule has 2 N–H and O–H groups in total. The third-order valence-electron chi connectivity index (χ3n) is 3.29. The summed E-state index contributed by atoms with van der Waals surface area (Å²) >= 11 is 0. The van der Waals surface area contributed by atoms with Gasteiger partial charge in [0, 0.05) is 13.7 Å². The molecule has 1 saturated heterocycles. The fourth-order valence-electron chi connectivity index (χ4n) is 2.31. The third-order valence-corrected chi connectivity index (χ3v) is 3.29. The molecule has 2 unspecified atom stereocenters. The highest BCUT2D eigenvalue weighted by Crippen LogP contribution is 2.32. The number of nitrogens with zero attached hydrogens (tertiary/aromatic N) is 1. The molecular weight excluding hydrogens is 226 g/mol. The van der Waals surface area contributed by atoms with Gasteiger partial charge in [0.1, 0.15) is 0 Å². The van der Waals surface area contributed by atoms with Crippen LogP contribution in [0.15, 0.2) is 12.1 Å². The molecule has 0 amide bonds. The zero-order valence-corrected chi connectivity index (χ0v) is 9.91. The maximum atomic E-state index is 13.8. The summed E-state index contributed by atoms with van der Waals surface area (Å²) < 4.78 is 32.4. The lowest BCUT2D eigenvalue weighted by molar-refractivity contribution is 0.118. The first kappa shape index (κ1) is 12.1. The Labute approximate surface area is 99.2 Å². The van der Waals surface area contributed by atoms with Gasteiger partial charge in [0.25, 0.3) is 0 Å². The fraction of sp³-hybridized carbons (Fsp3) is 0.500. The Morgan fingerprint density at radius 3 is 2.71 bits per heavy atom. The highest BCUT2D eigenvalue weighted by atomic mass is 19.2. The summed E-state index contributed by atoms with van der Waals surface area (Å²) in [4.78, 5) is 1.67. The molecule has 0 radical (unpaired) electrons. The molecule has 3 nitrogen and oxygen atoms in total. The van der Waals surface area contributed by atoms with Crippen LogP contribution in [0.5, 0.6) is 0 Å². The Hall–Kier alpha value is -1.36. The number of halogens is 2. The van der Waals surface area contributed by atoms with Crippen LogP contribution in [0.4, 0.5) is 20.2 Å². The quantitative estimate of drug-likeness (QED) is 0.808. The number of ether oxygens (including phenoxy) is 1. The smallest absolute Gasteiger partial charge is 0.184 e. The van der Waals surface area contributed by atoms with E-state index in [-0.39, 0.29) is 23.5 Å². The van der Waals surface area contributed by atoms with E-state index < -0.39 is 11.6 Å². The van der Waals surface area contributed by atoms with E-state index in [0.29, 0.717) is 6.61 Å². The normalized spacial score (nSPS) is 24.0. The van der Waals surface area contributed by atoms with Gasteiger partial charge in [0.2, 0.25) is 0 Å². The van der Waals surface area contributed by atoms with Gasteiger partial charge in [-0.15, -0.1) is 0 Å². The molecule has 2 atom stereocenters. The molecule has 1 heterocycles. The van der Waals surface area contributed by atoms with Gasteiger partial charge in [0.05, 0.1) is 23.5 Å². The summed E-state index contributed by atoms with van der Waals surface area (Å²) in [6.07, 6.45) is 0.773. The van der Waals surface area contributed by atoms with E-state index in [4.69, 9.17) is 10.5 Å². The van der Waals surface area contributed by atoms with Crippen LogP contribution in [0, 0.1) is 11.6 Å². The number of nitrogen functional groups attached to an aromatic ring is 1. The summed E-state index contributed by atoms with van der Waals surface area (Å²) in [6.45, 7) is 2.55. The second-order valence-electron chi connectivity index (χ2n) is 4.34. The van der Waals surface area contributed by atoms with E-state index in [1.54, 1.807) is 11.9 Å². The topological polar surface area (TPSA) is 38.5 Å². The van der Waals surface area contributed by atoms with Crippen molar-refractivity contribution in [2.75, 3.05) is 24.3 Å². The standard InChI is InChI=1S/C12H16F2N2O/c1-7-10(5-6-17-7)16(2)12-9(15)4-3-8(13)11(12)14/h3-4,7,10H,5-6,15H2,1-2H3. The molecule has 0 spiro atoms. The van der Waals surface area contributed by atoms with Crippen LogP contribution in [-0.4, -0.2) is 25.8 Å². The molecule has 94 valence electrons. The zero-order valence-electron chi connectivity index (χ0n) is 9.91. The Morgan fingerprint density at radius 2 is 2.12 bits per heavy atom. The van der Waals surface area contributed by atoms with Crippen molar-refractivity contribution in [1.82, 2.24) is 0 Å². The van der Waals surface area contributed by atoms with Gasteiger partial charge < -0.3 is 15.4 Å². The Balaban J connectivity index is 2.36. The van der Waals surface area contributed by atoms with Crippen LogP contribution < -0.4 is 10.6 Å². The third kappa shape index (κ3) is 2.07. The number of nitrogens with two attached hydrogens (primary N) is 1. The van der Waals surface area contributed by atoms with Crippen molar-refractivity contribution in [1.29, 1.82) is 0 Å². The second kappa shape index (κ2) is 4.49. The Morgan fingerprint density at radius 1 is 1.41 bits per heavy atom. The largest absolute Gasteiger partial charge is 0.397 e. The van der Waals surface area contributed by atoms with Crippen molar-refractivity contribution in [2.24, 2.45) is 0 Å². The van der Waals surface area contributed by atoms with Crippen LogP contribution in [0.25, 0.3) is 0 Å². The lowest BCUT2D eigenvalue weighted by Gasteiger charge is -2.30. The van der Waals surface area contributed by atoms with E-state index >= 15 is 0 Å². The first-order valence-electron chi connectivity index (χ1n) is 5.60. The number of rotatable bonds is 2. The average molecular weight is 242 g/mol. The number of anilines is 2. The average Bonchev–Trinajstić information content (AvgIpc) is 2.70. The van der Waals surface area contributed by atoms with Crippen LogP contribution in [-0.2, 0) is 4.74 Å². The van der Waals surface area contributed by atoms with Crippen LogP contribution in [0.3, 0.4) is 0 Å². The Bertz CT molecular complexity index is 425. The number of likely N-dealkylation sites (N-methyl/N-ethyl adjacent to an activating group) is 1. The van der Waals surface area contributed by atoms with Crippen molar-refractivity contribution >= 4 is 11.4 Å². The van der Waals surface area contributed by atoms with E-state index in [1.807, 2.05) is 6.92 Å². The molecule has 1 aromatic carbocycles. The maximum absolute atomic E-state index is 13.8. The summed E-state index contributed by atoms with van der Waals surface area (Å²) in [5.41, 5.74) is 6.07. The highest BCUT2D eigenvalue weighted by molar-refractivity contribution is 5.68. The number of hydrogen-bond acceptors (Lipinski definition) is 3. The van der Waals surface area contributed by atoms with Crippen molar-refractivity contribution < 1.29 is 13.5 Å². The summed E-state index contributed by atoms with van der Waals surface area (Å²) in [7, 11) is 1.71. The predicted molar refractivity (Wildman–Crippen MR) is 63.0 cm³/mol. The number of benzene rings is 1. The number of hydrogen-bond donors (Lipinski definition) is 1. The minimum Gasteiger partial charge on any atom is -0.397 e. The van der Waals surface area contributed by atoms with Gasteiger partial charge in [-0.2, -0.15) is 0 Å². The zero-order chi connectivity index (χ0) is 12.6. The SMILES string of the molecule is CC1OCCC1N(C)c1c(N)ccc(F)c1F. The molecule has 0 saturated carbocycles. The predicted octanol–water partition coefficient (Wildman–Crippen LogP) is 2.16. The van der Waals surface area contributed by atoms with Gasteiger partial charge >= 0.3 is 0 Å². The van der Waals surface area contributed by atoms with Gasteiger partial charge in [0.15, 0.2) is 11.6 Å². The fourth-order valence-corrected chi connectivity index (χ4v) is 2.31. The van der Waals surface area contributed by atoms with Crippen LogP contribution in [0.1, 0.15) is 13.3 Å². The van der Waals surface area contributed by atoms with Gasteiger partial charge in [-0.3, -0.25) is 0 Å². The lowest BCUT2D eigenvalue weighted by atomic mass is 10.1. The summed E-state index contributed by atoms with van der Waals surface area (Å²) in [6, 6.07) is 2.44. The van der Waals surface area contributed by atoms with E-state index in [9.17, 15) is 8.78 Å². The van der Waals surface area contributed by atoms with Gasteiger partial charge in [-0.1, -0.05) is 0 Å². The van der Waals surface area contributed by atoms with E-state index in [2.05, 4.69) is 0 Å². The van der Waals surface area contributed by atoms with Crippen molar-refractivity contribution in [2.45, 2.75) is 25.5 Å². The first-order chi connectivity index (χ1) is 8.02. The molecule has 1 fully saturated rings. The van der Waals surface area contributed by atoms with Crippen LogP contribution >= 0.6 is 0 Å². The molecule has 1 aliphatic rings. The molecule has 0 aromatic heterocycles. The molecule has 2 rings (SSSR count).